The maximum absolute atomic E-state index is 6.00. The smallest absolute Gasteiger partial charge is 0.152 e. The number of unbranched alkanes of at least 4 members (excludes halogenated alkanes) is 1. The monoisotopic (exact) mass is 221 g/mol. The van der Waals surface area contributed by atoms with Gasteiger partial charge < -0.3 is 4.74 Å². The summed E-state index contributed by atoms with van der Waals surface area (Å²) in [5.74, 6) is 0.962. The van der Waals surface area contributed by atoms with Crippen LogP contribution in [0.1, 0.15) is 33.1 Å². The Kier molecular flexibility index (Phi) is 5.94. The third-order valence-corrected chi connectivity index (χ3v) is 2.81. The van der Waals surface area contributed by atoms with Gasteiger partial charge in [0.2, 0.25) is 0 Å². The van der Waals surface area contributed by atoms with Gasteiger partial charge in [0.1, 0.15) is 5.75 Å². The van der Waals surface area contributed by atoms with Crippen molar-refractivity contribution in [2.75, 3.05) is 13.6 Å². The van der Waals surface area contributed by atoms with Crippen molar-refractivity contribution < 1.29 is 4.74 Å². The highest BCUT2D eigenvalue weighted by Gasteiger charge is 2.13. The molecule has 0 aliphatic rings. The van der Waals surface area contributed by atoms with Crippen molar-refractivity contribution in [2.24, 2.45) is 0 Å². The summed E-state index contributed by atoms with van der Waals surface area (Å²) in [6, 6.07) is 10.1. The van der Waals surface area contributed by atoms with Crippen LogP contribution in [-0.4, -0.2) is 24.7 Å². The van der Waals surface area contributed by atoms with Crippen LogP contribution in [-0.2, 0) is 0 Å². The molecule has 2 nitrogen and oxygen atoms in total. The van der Waals surface area contributed by atoms with Gasteiger partial charge in [-0.15, -0.1) is 0 Å². The normalized spacial score (nSPS) is 12.8. The second-order valence-electron chi connectivity index (χ2n) is 4.10. The Hall–Kier alpha value is -1.02. The van der Waals surface area contributed by atoms with Gasteiger partial charge >= 0.3 is 0 Å². The van der Waals surface area contributed by atoms with Gasteiger partial charge in [-0.2, -0.15) is 0 Å². The number of nitrogens with zero attached hydrogens (tertiary/aromatic N) is 1. The Morgan fingerprint density at radius 1 is 1.19 bits per heavy atom. The molecule has 1 rings (SSSR count). The van der Waals surface area contributed by atoms with Crippen LogP contribution < -0.4 is 4.74 Å². The van der Waals surface area contributed by atoms with Gasteiger partial charge in [-0.25, -0.2) is 0 Å². The number of rotatable bonds is 7. The lowest BCUT2D eigenvalue weighted by atomic mass is 10.2. The maximum atomic E-state index is 6.00. The van der Waals surface area contributed by atoms with Gasteiger partial charge in [0.25, 0.3) is 0 Å². The molecule has 0 aromatic heterocycles. The van der Waals surface area contributed by atoms with Crippen molar-refractivity contribution in [3.05, 3.63) is 30.3 Å². The molecule has 0 fully saturated rings. The van der Waals surface area contributed by atoms with Gasteiger partial charge in [0.15, 0.2) is 6.23 Å². The first-order valence-electron chi connectivity index (χ1n) is 6.19. The van der Waals surface area contributed by atoms with E-state index in [1.807, 2.05) is 30.3 Å². The van der Waals surface area contributed by atoms with Crippen molar-refractivity contribution >= 4 is 0 Å². The molecule has 1 unspecified atom stereocenters. The minimum absolute atomic E-state index is 0.201. The molecule has 1 atom stereocenters. The molecule has 0 amide bonds. The van der Waals surface area contributed by atoms with Gasteiger partial charge in [-0.3, -0.25) is 4.90 Å². The standard InChI is InChI=1S/C14H23NO/c1-4-6-12-14(15(3)5-2)16-13-10-8-7-9-11-13/h7-11,14H,4-6,12H2,1-3H3. The van der Waals surface area contributed by atoms with Crippen LogP contribution in [0.25, 0.3) is 0 Å². The molecule has 1 aromatic rings. The highest BCUT2D eigenvalue weighted by atomic mass is 16.5. The number of para-hydroxylation sites is 1. The Balaban J connectivity index is 2.56. The predicted molar refractivity (Wildman–Crippen MR) is 68.7 cm³/mol. The highest BCUT2D eigenvalue weighted by molar-refractivity contribution is 5.21. The molecule has 0 radical (unpaired) electrons. The third-order valence-electron chi connectivity index (χ3n) is 2.81. The topological polar surface area (TPSA) is 12.5 Å². The van der Waals surface area contributed by atoms with Crippen molar-refractivity contribution in [2.45, 2.75) is 39.3 Å². The first-order chi connectivity index (χ1) is 7.77. The van der Waals surface area contributed by atoms with E-state index in [1.165, 1.54) is 12.8 Å². The Bertz CT molecular complexity index is 273. The summed E-state index contributed by atoms with van der Waals surface area (Å²) >= 11 is 0. The van der Waals surface area contributed by atoms with E-state index < -0.39 is 0 Å². The number of hydrogen-bond donors (Lipinski definition) is 0. The summed E-state index contributed by atoms with van der Waals surface area (Å²) in [6.45, 7) is 5.39. The van der Waals surface area contributed by atoms with E-state index in [1.54, 1.807) is 0 Å². The fourth-order valence-corrected chi connectivity index (χ4v) is 1.61. The SMILES string of the molecule is CCCCC(Oc1ccccc1)N(C)CC. The number of ether oxygens (including phenoxy) is 1. The van der Waals surface area contributed by atoms with Crippen molar-refractivity contribution in [1.29, 1.82) is 0 Å². The molecule has 1 aromatic carbocycles. The molecule has 0 saturated carbocycles. The second kappa shape index (κ2) is 7.29. The Morgan fingerprint density at radius 2 is 1.88 bits per heavy atom. The lowest BCUT2D eigenvalue weighted by Crippen LogP contribution is -2.36. The van der Waals surface area contributed by atoms with Crippen LogP contribution in [0.15, 0.2) is 30.3 Å². The largest absolute Gasteiger partial charge is 0.475 e. The number of hydrogen-bond acceptors (Lipinski definition) is 2. The van der Waals surface area contributed by atoms with Gasteiger partial charge in [0.05, 0.1) is 0 Å². The minimum Gasteiger partial charge on any atom is -0.475 e. The quantitative estimate of drug-likeness (QED) is 0.653. The van der Waals surface area contributed by atoms with Crippen molar-refractivity contribution in [1.82, 2.24) is 4.90 Å². The Labute approximate surface area is 99.2 Å². The fraction of sp³-hybridized carbons (Fsp3) is 0.571. The van der Waals surface area contributed by atoms with E-state index in [-0.39, 0.29) is 6.23 Å². The van der Waals surface area contributed by atoms with E-state index in [9.17, 15) is 0 Å². The third kappa shape index (κ3) is 4.23. The Morgan fingerprint density at radius 3 is 2.44 bits per heavy atom. The van der Waals surface area contributed by atoms with Crippen molar-refractivity contribution in [3.63, 3.8) is 0 Å². The summed E-state index contributed by atoms with van der Waals surface area (Å²) < 4.78 is 6.00. The van der Waals surface area contributed by atoms with Crippen LogP contribution in [0.3, 0.4) is 0 Å². The first kappa shape index (κ1) is 13.0. The van der Waals surface area contributed by atoms with E-state index in [2.05, 4.69) is 25.8 Å². The lowest BCUT2D eigenvalue weighted by molar-refractivity contribution is 0.0400. The summed E-state index contributed by atoms with van der Waals surface area (Å²) in [5.41, 5.74) is 0. The maximum Gasteiger partial charge on any atom is 0.152 e. The molecule has 0 aliphatic carbocycles. The average molecular weight is 221 g/mol. The van der Waals surface area contributed by atoms with Crippen LogP contribution in [0, 0.1) is 0 Å². The minimum atomic E-state index is 0.201. The first-order valence-corrected chi connectivity index (χ1v) is 6.19. The summed E-state index contributed by atoms with van der Waals surface area (Å²) in [4.78, 5) is 2.25. The molecule has 0 spiro atoms. The van der Waals surface area contributed by atoms with Crippen LogP contribution >= 0.6 is 0 Å². The molecule has 0 N–H and O–H groups in total. The highest BCUT2D eigenvalue weighted by Crippen LogP contribution is 2.15. The molecule has 16 heavy (non-hydrogen) atoms. The van der Waals surface area contributed by atoms with Gasteiger partial charge in [-0.05, 0) is 38.6 Å². The zero-order valence-electron chi connectivity index (χ0n) is 10.6. The summed E-state index contributed by atoms with van der Waals surface area (Å²) in [7, 11) is 2.11. The zero-order chi connectivity index (χ0) is 11.8. The molecule has 0 bridgehead atoms. The predicted octanol–water partition coefficient (Wildman–Crippen LogP) is 3.53. The van der Waals surface area contributed by atoms with E-state index in [4.69, 9.17) is 4.74 Å². The van der Waals surface area contributed by atoms with Gasteiger partial charge in [0, 0.05) is 0 Å². The second-order valence-corrected chi connectivity index (χ2v) is 4.10. The van der Waals surface area contributed by atoms with Crippen LogP contribution in [0.2, 0.25) is 0 Å². The lowest BCUT2D eigenvalue weighted by Gasteiger charge is -2.27. The molecular formula is C14H23NO. The average Bonchev–Trinajstić information content (AvgIpc) is 2.34. The fourth-order valence-electron chi connectivity index (χ4n) is 1.61. The van der Waals surface area contributed by atoms with E-state index >= 15 is 0 Å². The number of benzene rings is 1. The molecule has 2 heteroatoms. The molecule has 0 aliphatic heterocycles. The molecule has 0 saturated heterocycles. The molecular weight excluding hydrogens is 198 g/mol. The van der Waals surface area contributed by atoms with E-state index in [0.717, 1.165) is 18.7 Å². The summed E-state index contributed by atoms with van der Waals surface area (Å²) in [5, 5.41) is 0. The summed E-state index contributed by atoms with van der Waals surface area (Å²) in [6.07, 6.45) is 3.72. The zero-order valence-corrected chi connectivity index (χ0v) is 10.6. The molecule has 0 heterocycles. The molecule has 90 valence electrons. The van der Waals surface area contributed by atoms with Crippen molar-refractivity contribution in [3.8, 4) is 5.75 Å². The van der Waals surface area contributed by atoms with E-state index in [0.29, 0.717) is 0 Å². The van der Waals surface area contributed by atoms with Crippen LogP contribution in [0.4, 0.5) is 0 Å². The van der Waals surface area contributed by atoms with Crippen LogP contribution in [0.5, 0.6) is 5.75 Å². The van der Waals surface area contributed by atoms with Gasteiger partial charge in [-0.1, -0.05) is 38.5 Å².